The summed E-state index contributed by atoms with van der Waals surface area (Å²) in [5.41, 5.74) is 1.80. The molecule has 3 aromatic rings. The van der Waals surface area contributed by atoms with Crippen molar-refractivity contribution in [3.63, 3.8) is 0 Å². The van der Waals surface area contributed by atoms with Gasteiger partial charge in [-0.1, -0.05) is 0 Å². The standard InChI is InChI=1S/C13H13ClN4S/c1-9(13-16-7-8-19-13)18-11(4-5-14)17-10-3-2-6-15-12(10)18/h2-3,6-9H,4-5H2,1H3. The van der Waals surface area contributed by atoms with Gasteiger partial charge in [0, 0.05) is 30.1 Å². The van der Waals surface area contributed by atoms with Gasteiger partial charge >= 0.3 is 0 Å². The van der Waals surface area contributed by atoms with Crippen molar-refractivity contribution >= 4 is 34.1 Å². The van der Waals surface area contributed by atoms with E-state index >= 15 is 0 Å². The largest absolute Gasteiger partial charge is 0.303 e. The Morgan fingerprint density at radius 3 is 3.00 bits per heavy atom. The summed E-state index contributed by atoms with van der Waals surface area (Å²) < 4.78 is 2.14. The van der Waals surface area contributed by atoms with Crippen LogP contribution in [-0.4, -0.2) is 25.4 Å². The van der Waals surface area contributed by atoms with Crippen LogP contribution in [0.2, 0.25) is 0 Å². The van der Waals surface area contributed by atoms with E-state index in [1.165, 1.54) is 0 Å². The zero-order valence-electron chi connectivity index (χ0n) is 10.5. The molecule has 0 aliphatic rings. The molecular weight excluding hydrogens is 280 g/mol. The minimum Gasteiger partial charge on any atom is -0.303 e. The van der Waals surface area contributed by atoms with E-state index in [9.17, 15) is 0 Å². The highest BCUT2D eigenvalue weighted by Crippen LogP contribution is 2.26. The van der Waals surface area contributed by atoms with Crippen LogP contribution in [0.15, 0.2) is 29.9 Å². The van der Waals surface area contributed by atoms with Crippen LogP contribution >= 0.6 is 22.9 Å². The predicted molar refractivity (Wildman–Crippen MR) is 77.9 cm³/mol. The molecule has 0 amide bonds. The lowest BCUT2D eigenvalue weighted by Crippen LogP contribution is -2.11. The van der Waals surface area contributed by atoms with Crippen LogP contribution in [0.25, 0.3) is 11.2 Å². The molecule has 1 unspecified atom stereocenters. The Morgan fingerprint density at radius 1 is 1.37 bits per heavy atom. The van der Waals surface area contributed by atoms with Gasteiger partial charge in [0.1, 0.15) is 16.3 Å². The number of alkyl halides is 1. The Balaban J connectivity index is 2.17. The van der Waals surface area contributed by atoms with Crippen LogP contribution in [0.5, 0.6) is 0 Å². The van der Waals surface area contributed by atoms with Crippen LogP contribution in [0.3, 0.4) is 0 Å². The molecule has 0 aliphatic heterocycles. The molecule has 3 heterocycles. The Bertz CT molecular complexity index is 677. The van der Waals surface area contributed by atoms with Crippen molar-refractivity contribution in [3.05, 3.63) is 40.7 Å². The molecule has 4 nitrogen and oxygen atoms in total. The number of fused-ring (bicyclic) bond motifs is 1. The number of rotatable bonds is 4. The topological polar surface area (TPSA) is 43.6 Å². The molecular formula is C13H13ClN4S. The SMILES string of the molecule is CC(c1nccs1)n1c(CCCl)nc2cccnc21. The summed E-state index contributed by atoms with van der Waals surface area (Å²) in [4.78, 5) is 13.5. The number of thiazole rings is 1. The van der Waals surface area contributed by atoms with Crippen molar-refractivity contribution in [3.8, 4) is 0 Å². The van der Waals surface area contributed by atoms with Gasteiger partial charge in [-0.15, -0.1) is 22.9 Å². The van der Waals surface area contributed by atoms with E-state index in [0.717, 1.165) is 28.4 Å². The van der Waals surface area contributed by atoms with Gasteiger partial charge in [-0.25, -0.2) is 15.0 Å². The zero-order valence-corrected chi connectivity index (χ0v) is 12.0. The zero-order chi connectivity index (χ0) is 13.2. The number of nitrogens with zero attached hydrogens (tertiary/aromatic N) is 4. The minimum atomic E-state index is 0.123. The molecule has 0 aromatic carbocycles. The summed E-state index contributed by atoms with van der Waals surface area (Å²) in [6, 6.07) is 4.00. The fraction of sp³-hybridized carbons (Fsp3) is 0.308. The molecule has 0 saturated carbocycles. The molecule has 98 valence electrons. The molecule has 0 saturated heterocycles. The number of aryl methyl sites for hydroxylation is 1. The lowest BCUT2D eigenvalue weighted by molar-refractivity contribution is 0.615. The highest BCUT2D eigenvalue weighted by Gasteiger charge is 2.19. The average Bonchev–Trinajstić information content (AvgIpc) is 3.06. The number of pyridine rings is 1. The van der Waals surface area contributed by atoms with Crippen LogP contribution < -0.4 is 0 Å². The predicted octanol–water partition coefficient (Wildman–Crippen LogP) is 3.28. The number of hydrogen-bond donors (Lipinski definition) is 0. The van der Waals surface area contributed by atoms with E-state index in [1.807, 2.05) is 23.7 Å². The third kappa shape index (κ3) is 2.24. The molecule has 0 spiro atoms. The van der Waals surface area contributed by atoms with Gasteiger partial charge < -0.3 is 4.57 Å². The van der Waals surface area contributed by atoms with Crippen molar-refractivity contribution in [2.45, 2.75) is 19.4 Å². The van der Waals surface area contributed by atoms with Gasteiger partial charge in [0.05, 0.1) is 6.04 Å². The number of imidazole rings is 1. The molecule has 0 fully saturated rings. The summed E-state index contributed by atoms with van der Waals surface area (Å²) in [5, 5.41) is 3.04. The number of halogens is 1. The third-order valence-electron chi connectivity index (χ3n) is 3.04. The normalized spacial score (nSPS) is 12.9. The highest BCUT2D eigenvalue weighted by molar-refractivity contribution is 7.09. The van der Waals surface area contributed by atoms with Gasteiger partial charge in [0.15, 0.2) is 5.65 Å². The Kier molecular flexibility index (Phi) is 3.48. The van der Waals surface area contributed by atoms with Crippen molar-refractivity contribution < 1.29 is 0 Å². The first-order valence-corrected chi connectivity index (χ1v) is 7.50. The van der Waals surface area contributed by atoms with Gasteiger partial charge in [-0.2, -0.15) is 0 Å². The smallest absolute Gasteiger partial charge is 0.160 e. The monoisotopic (exact) mass is 292 g/mol. The van der Waals surface area contributed by atoms with Crippen LogP contribution in [0.1, 0.15) is 23.8 Å². The van der Waals surface area contributed by atoms with Crippen molar-refractivity contribution in [1.29, 1.82) is 0 Å². The van der Waals surface area contributed by atoms with E-state index in [1.54, 1.807) is 17.5 Å². The number of aromatic nitrogens is 4. The second kappa shape index (κ2) is 5.27. The molecule has 6 heteroatoms. The van der Waals surface area contributed by atoms with E-state index in [4.69, 9.17) is 11.6 Å². The van der Waals surface area contributed by atoms with E-state index in [-0.39, 0.29) is 6.04 Å². The summed E-state index contributed by atoms with van der Waals surface area (Å²) >= 11 is 7.52. The molecule has 3 rings (SSSR count). The lowest BCUT2D eigenvalue weighted by Gasteiger charge is -2.14. The molecule has 0 radical (unpaired) electrons. The third-order valence-corrected chi connectivity index (χ3v) is 4.17. The summed E-state index contributed by atoms with van der Waals surface area (Å²) in [6.45, 7) is 2.12. The average molecular weight is 293 g/mol. The maximum Gasteiger partial charge on any atom is 0.160 e. The van der Waals surface area contributed by atoms with Crippen LogP contribution in [0.4, 0.5) is 0 Å². The molecule has 0 aliphatic carbocycles. The van der Waals surface area contributed by atoms with Gasteiger partial charge in [0.25, 0.3) is 0 Å². The van der Waals surface area contributed by atoms with Crippen molar-refractivity contribution in [1.82, 2.24) is 19.5 Å². The molecule has 3 aromatic heterocycles. The van der Waals surface area contributed by atoms with Crippen molar-refractivity contribution in [2.24, 2.45) is 0 Å². The molecule has 19 heavy (non-hydrogen) atoms. The number of hydrogen-bond acceptors (Lipinski definition) is 4. The van der Waals surface area contributed by atoms with E-state index in [0.29, 0.717) is 5.88 Å². The summed E-state index contributed by atoms with van der Waals surface area (Å²) in [7, 11) is 0. The quantitative estimate of drug-likeness (QED) is 0.693. The Morgan fingerprint density at radius 2 is 2.26 bits per heavy atom. The maximum absolute atomic E-state index is 5.88. The Labute approximate surface area is 120 Å². The van der Waals surface area contributed by atoms with Crippen molar-refractivity contribution in [2.75, 3.05) is 5.88 Å². The maximum atomic E-state index is 5.88. The molecule has 0 N–H and O–H groups in total. The first kappa shape index (κ1) is 12.6. The lowest BCUT2D eigenvalue weighted by atomic mass is 10.3. The second-order valence-electron chi connectivity index (χ2n) is 4.23. The molecule has 0 bridgehead atoms. The minimum absolute atomic E-state index is 0.123. The van der Waals surface area contributed by atoms with E-state index in [2.05, 4.69) is 26.4 Å². The highest BCUT2D eigenvalue weighted by atomic mass is 35.5. The van der Waals surface area contributed by atoms with Gasteiger partial charge in [-0.3, -0.25) is 0 Å². The summed E-state index contributed by atoms with van der Waals surface area (Å²) in [6.07, 6.45) is 4.34. The van der Waals surface area contributed by atoms with Crippen LogP contribution in [-0.2, 0) is 6.42 Å². The molecule has 1 atom stereocenters. The fourth-order valence-electron chi connectivity index (χ4n) is 2.20. The van der Waals surface area contributed by atoms with Gasteiger partial charge in [-0.05, 0) is 19.1 Å². The first-order valence-electron chi connectivity index (χ1n) is 6.08. The van der Waals surface area contributed by atoms with Crippen LogP contribution in [0, 0.1) is 0 Å². The first-order chi connectivity index (χ1) is 9.31. The second-order valence-corrected chi connectivity index (χ2v) is 5.53. The fourth-order valence-corrected chi connectivity index (χ4v) is 3.05. The van der Waals surface area contributed by atoms with E-state index < -0.39 is 0 Å². The summed E-state index contributed by atoms with van der Waals surface area (Å²) in [5.74, 6) is 1.51. The van der Waals surface area contributed by atoms with Gasteiger partial charge in [0.2, 0.25) is 0 Å². The Hall–Kier alpha value is -1.46.